The second-order valence-electron chi connectivity index (χ2n) is 10.1. The first-order chi connectivity index (χ1) is 20.6. The van der Waals surface area contributed by atoms with Crippen LogP contribution in [0, 0.1) is 0 Å². The lowest BCUT2D eigenvalue weighted by molar-refractivity contribution is -0.115. The van der Waals surface area contributed by atoms with Gasteiger partial charge in [-0.15, -0.1) is 0 Å². The molecule has 12 heteroatoms. The van der Waals surface area contributed by atoms with Crippen LogP contribution in [0.3, 0.4) is 0 Å². The number of aromatic nitrogens is 4. The minimum Gasteiger partial charge on any atom is -0.492 e. The highest BCUT2D eigenvalue weighted by Crippen LogP contribution is 2.32. The van der Waals surface area contributed by atoms with E-state index in [0.717, 1.165) is 23.7 Å². The highest BCUT2D eigenvalue weighted by molar-refractivity contribution is 8.18. The van der Waals surface area contributed by atoms with Crippen LogP contribution in [0.1, 0.15) is 59.2 Å². The van der Waals surface area contributed by atoms with E-state index in [1.165, 1.54) is 16.2 Å². The Morgan fingerprint density at radius 2 is 1.91 bits per heavy atom. The second-order valence-corrected chi connectivity index (χ2v) is 11.0. The zero-order valence-corrected chi connectivity index (χ0v) is 24.9. The number of carbonyl (C=O) groups excluding carboxylic acids is 4. The second kappa shape index (κ2) is 12.2. The van der Waals surface area contributed by atoms with E-state index < -0.39 is 11.1 Å². The standard InChI is InChI=1S/C31H29N5O6S/c1-5-7-24-25-26(35(4)34-24)30(40)36(28(32-25)20-10-11-21(16-37)23(15-20)18(3)38)12-13-42-22-9-6-8-19(14-22)17(2)27-29(39)33-31(41)43-27/h6,8-11,14-16H,5,7,12-13H2,1-4H3,(H,33,39,41)/b27-17+. The molecule has 0 bridgehead atoms. The average Bonchev–Trinajstić information content (AvgIpc) is 3.50. The number of ether oxygens (including phenoxy) is 1. The average molecular weight is 600 g/mol. The van der Waals surface area contributed by atoms with Crippen LogP contribution in [0.25, 0.3) is 28.0 Å². The zero-order chi connectivity index (χ0) is 30.8. The molecular weight excluding hydrogens is 570 g/mol. The fourth-order valence-corrected chi connectivity index (χ4v) is 5.76. The molecule has 5 rings (SSSR count). The van der Waals surface area contributed by atoms with Crippen molar-refractivity contribution in [2.75, 3.05) is 6.61 Å². The van der Waals surface area contributed by atoms with Gasteiger partial charge in [0.1, 0.15) is 23.7 Å². The Bertz CT molecular complexity index is 1900. The molecule has 0 atom stereocenters. The van der Waals surface area contributed by atoms with Crippen molar-refractivity contribution < 1.29 is 23.9 Å². The Labute approximate surface area is 250 Å². The number of rotatable bonds is 10. The van der Waals surface area contributed by atoms with Gasteiger partial charge in [-0.2, -0.15) is 5.10 Å². The van der Waals surface area contributed by atoms with Gasteiger partial charge in [-0.3, -0.25) is 38.5 Å². The van der Waals surface area contributed by atoms with Crippen molar-refractivity contribution in [3.8, 4) is 17.1 Å². The van der Waals surface area contributed by atoms with Gasteiger partial charge in [0.15, 0.2) is 17.6 Å². The maximum absolute atomic E-state index is 13.9. The van der Waals surface area contributed by atoms with E-state index in [2.05, 4.69) is 10.4 Å². The molecule has 1 fully saturated rings. The molecule has 0 saturated carbocycles. The maximum Gasteiger partial charge on any atom is 0.290 e. The first kappa shape index (κ1) is 29.6. The number of benzene rings is 2. The number of nitrogens with one attached hydrogen (secondary N) is 1. The molecule has 2 amide bonds. The number of ketones is 1. The summed E-state index contributed by atoms with van der Waals surface area (Å²) < 4.78 is 9.06. The van der Waals surface area contributed by atoms with Crippen molar-refractivity contribution in [1.82, 2.24) is 24.6 Å². The Kier molecular flexibility index (Phi) is 8.40. The largest absolute Gasteiger partial charge is 0.492 e. The van der Waals surface area contributed by atoms with E-state index in [-0.39, 0.29) is 35.6 Å². The molecule has 0 aliphatic carbocycles. The number of hydrogen-bond donors (Lipinski definition) is 1. The summed E-state index contributed by atoms with van der Waals surface area (Å²) >= 11 is 0.857. The van der Waals surface area contributed by atoms with E-state index in [4.69, 9.17) is 9.72 Å². The molecule has 220 valence electrons. The van der Waals surface area contributed by atoms with Crippen molar-refractivity contribution in [3.05, 3.63) is 80.1 Å². The quantitative estimate of drug-likeness (QED) is 0.158. The first-order valence-electron chi connectivity index (χ1n) is 13.7. The predicted molar refractivity (Wildman–Crippen MR) is 163 cm³/mol. The number of aldehydes is 1. The number of allylic oxidation sites excluding steroid dienone is 1. The molecule has 11 nitrogen and oxygen atoms in total. The summed E-state index contributed by atoms with van der Waals surface area (Å²) in [5.74, 6) is 0.128. The molecular formula is C31H29N5O6S. The Morgan fingerprint density at radius 3 is 2.58 bits per heavy atom. The van der Waals surface area contributed by atoms with Gasteiger partial charge in [0.25, 0.3) is 16.7 Å². The van der Waals surface area contributed by atoms with Crippen molar-refractivity contribution in [1.29, 1.82) is 0 Å². The summed E-state index contributed by atoms with van der Waals surface area (Å²) in [6.45, 7) is 5.38. The van der Waals surface area contributed by atoms with E-state index in [9.17, 15) is 24.0 Å². The monoisotopic (exact) mass is 599 g/mol. The van der Waals surface area contributed by atoms with Crippen LogP contribution in [0.5, 0.6) is 5.75 Å². The summed E-state index contributed by atoms with van der Waals surface area (Å²) in [5.41, 5.74) is 3.61. The first-order valence-corrected chi connectivity index (χ1v) is 14.5. The van der Waals surface area contributed by atoms with Crippen LogP contribution in [0.2, 0.25) is 0 Å². The molecule has 43 heavy (non-hydrogen) atoms. The van der Waals surface area contributed by atoms with Crippen LogP contribution < -0.4 is 15.6 Å². The van der Waals surface area contributed by atoms with E-state index >= 15 is 0 Å². The number of amides is 2. The fourth-order valence-electron chi connectivity index (χ4n) is 5.02. The topological polar surface area (TPSA) is 142 Å². The highest BCUT2D eigenvalue weighted by atomic mass is 32.2. The number of Topliss-reactive ketones (excluding diaryl/α,β-unsaturated/α-hetero) is 1. The van der Waals surface area contributed by atoms with E-state index in [1.54, 1.807) is 50.4 Å². The lowest BCUT2D eigenvalue weighted by Gasteiger charge is -2.15. The third kappa shape index (κ3) is 5.78. The molecule has 2 aromatic heterocycles. The summed E-state index contributed by atoms with van der Waals surface area (Å²) in [4.78, 5) is 66.7. The SMILES string of the molecule is CCCc1nn(C)c2c(=O)n(CCOc3cccc(/C(C)=C4/SC(=O)NC4=O)c3)c(-c3ccc(C=O)c(C(C)=O)c3)nc12. The number of nitrogens with zero attached hydrogens (tertiary/aromatic N) is 4. The Hall–Kier alpha value is -4.84. The van der Waals surface area contributed by atoms with E-state index in [0.29, 0.717) is 57.0 Å². The summed E-state index contributed by atoms with van der Waals surface area (Å²) in [5, 5.41) is 6.39. The zero-order valence-electron chi connectivity index (χ0n) is 24.1. The van der Waals surface area contributed by atoms with Gasteiger partial charge in [-0.25, -0.2) is 4.98 Å². The molecule has 1 aliphatic heterocycles. The lowest BCUT2D eigenvalue weighted by Crippen LogP contribution is -2.27. The van der Waals surface area contributed by atoms with Gasteiger partial charge in [0, 0.05) is 23.7 Å². The van der Waals surface area contributed by atoms with Gasteiger partial charge in [-0.05, 0) is 61.4 Å². The summed E-state index contributed by atoms with van der Waals surface area (Å²) in [7, 11) is 1.70. The fraction of sp³-hybridized carbons (Fsp3) is 0.258. The van der Waals surface area contributed by atoms with Crippen molar-refractivity contribution in [2.24, 2.45) is 7.05 Å². The number of thioether (sulfide) groups is 1. The number of carbonyl (C=O) groups is 4. The lowest BCUT2D eigenvalue weighted by atomic mass is 10.0. The normalized spacial score (nSPS) is 14.2. The minimum absolute atomic E-state index is 0.0958. The van der Waals surface area contributed by atoms with Crippen molar-refractivity contribution >= 4 is 51.6 Å². The molecule has 4 aromatic rings. The minimum atomic E-state index is -0.431. The highest BCUT2D eigenvalue weighted by Gasteiger charge is 2.27. The van der Waals surface area contributed by atoms with Gasteiger partial charge < -0.3 is 4.74 Å². The molecule has 1 N–H and O–H groups in total. The molecule has 0 spiro atoms. The van der Waals surface area contributed by atoms with Gasteiger partial charge >= 0.3 is 0 Å². The van der Waals surface area contributed by atoms with Crippen LogP contribution in [0.4, 0.5) is 4.79 Å². The predicted octanol–water partition coefficient (Wildman–Crippen LogP) is 4.56. The van der Waals surface area contributed by atoms with Crippen LogP contribution >= 0.6 is 11.8 Å². The number of fused-ring (bicyclic) bond motifs is 1. The number of imide groups is 1. The van der Waals surface area contributed by atoms with Crippen molar-refractivity contribution in [3.63, 3.8) is 0 Å². The van der Waals surface area contributed by atoms with Gasteiger partial charge in [-0.1, -0.05) is 37.6 Å². The molecule has 0 radical (unpaired) electrons. The van der Waals surface area contributed by atoms with Crippen LogP contribution in [0.15, 0.2) is 52.2 Å². The molecule has 0 unspecified atom stereocenters. The number of hydrogen-bond acceptors (Lipinski definition) is 9. The molecule has 2 aromatic carbocycles. The molecule has 3 heterocycles. The smallest absolute Gasteiger partial charge is 0.290 e. The molecule has 1 saturated heterocycles. The third-order valence-corrected chi connectivity index (χ3v) is 8.11. The van der Waals surface area contributed by atoms with Crippen molar-refractivity contribution in [2.45, 2.75) is 40.2 Å². The van der Waals surface area contributed by atoms with Crippen LogP contribution in [-0.2, 0) is 24.8 Å². The Balaban J connectivity index is 1.52. The maximum atomic E-state index is 13.9. The third-order valence-electron chi connectivity index (χ3n) is 7.13. The molecule has 1 aliphatic rings. The van der Waals surface area contributed by atoms with Crippen LogP contribution in [-0.4, -0.2) is 49.2 Å². The van der Waals surface area contributed by atoms with Gasteiger partial charge in [0.05, 0.1) is 17.1 Å². The summed E-state index contributed by atoms with van der Waals surface area (Å²) in [6, 6.07) is 11.9. The van der Waals surface area contributed by atoms with E-state index in [1.807, 2.05) is 13.0 Å². The summed E-state index contributed by atoms with van der Waals surface area (Å²) in [6.07, 6.45) is 2.08. The van der Waals surface area contributed by atoms with Gasteiger partial charge in [0.2, 0.25) is 0 Å². The number of aryl methyl sites for hydroxylation is 2. The Morgan fingerprint density at radius 1 is 1.12 bits per heavy atom.